The Bertz CT molecular complexity index is 314. The van der Waals surface area contributed by atoms with Gasteiger partial charge in [-0.2, -0.15) is 0 Å². The van der Waals surface area contributed by atoms with Gasteiger partial charge in [-0.1, -0.05) is 12.1 Å². The molecule has 0 aliphatic carbocycles. The zero-order chi connectivity index (χ0) is 9.97. The van der Waals surface area contributed by atoms with E-state index in [0.717, 1.165) is 19.6 Å². The third-order valence-electron chi connectivity index (χ3n) is 2.81. The fraction of sp³-hybridized carbons (Fsp3) is 0.455. The minimum absolute atomic E-state index is 0.686. The van der Waals surface area contributed by atoms with Crippen molar-refractivity contribution in [1.29, 1.82) is 0 Å². The van der Waals surface area contributed by atoms with Gasteiger partial charge in [-0.05, 0) is 53.6 Å². The zero-order valence-corrected chi connectivity index (χ0v) is 10.3. The Morgan fingerprint density at radius 1 is 1.43 bits per heavy atom. The number of nitrogens with two attached hydrogens (primary N) is 1. The van der Waals surface area contributed by atoms with Crippen molar-refractivity contribution in [3.63, 3.8) is 0 Å². The average Bonchev–Trinajstić information content (AvgIpc) is 2.67. The van der Waals surface area contributed by atoms with E-state index in [4.69, 9.17) is 5.73 Å². The van der Waals surface area contributed by atoms with Crippen LogP contribution in [-0.2, 0) is 0 Å². The molecule has 2 rings (SSSR count). The van der Waals surface area contributed by atoms with E-state index in [1.807, 2.05) is 0 Å². The van der Waals surface area contributed by atoms with E-state index in [-0.39, 0.29) is 0 Å². The van der Waals surface area contributed by atoms with Gasteiger partial charge >= 0.3 is 0 Å². The number of anilines is 1. The van der Waals surface area contributed by atoms with E-state index < -0.39 is 0 Å². The highest BCUT2D eigenvalue weighted by atomic mass is 127. The lowest BCUT2D eigenvalue weighted by molar-refractivity contribution is 0.602. The Hall–Kier alpha value is -0.290. The fourth-order valence-corrected chi connectivity index (χ4v) is 2.68. The summed E-state index contributed by atoms with van der Waals surface area (Å²) in [5.41, 5.74) is 7.05. The SMILES string of the molecule is NCC1CCN(c2ccccc2I)C1. The van der Waals surface area contributed by atoms with Crippen LogP contribution in [0, 0.1) is 9.49 Å². The Kier molecular flexibility index (Phi) is 3.28. The number of halogens is 1. The number of rotatable bonds is 2. The van der Waals surface area contributed by atoms with Gasteiger partial charge in [0.25, 0.3) is 0 Å². The molecule has 1 aliphatic rings. The van der Waals surface area contributed by atoms with Gasteiger partial charge in [0.15, 0.2) is 0 Å². The van der Waals surface area contributed by atoms with E-state index in [9.17, 15) is 0 Å². The maximum atomic E-state index is 5.68. The summed E-state index contributed by atoms with van der Waals surface area (Å²) in [6.07, 6.45) is 1.24. The van der Waals surface area contributed by atoms with Gasteiger partial charge in [-0.3, -0.25) is 0 Å². The molecule has 1 aliphatic heterocycles. The minimum Gasteiger partial charge on any atom is -0.370 e. The monoisotopic (exact) mass is 302 g/mol. The van der Waals surface area contributed by atoms with Crippen LogP contribution < -0.4 is 10.6 Å². The molecule has 1 unspecified atom stereocenters. The quantitative estimate of drug-likeness (QED) is 0.848. The highest BCUT2D eigenvalue weighted by Crippen LogP contribution is 2.27. The lowest BCUT2D eigenvalue weighted by atomic mass is 10.1. The van der Waals surface area contributed by atoms with Gasteiger partial charge in [0.1, 0.15) is 0 Å². The Balaban J connectivity index is 2.13. The summed E-state index contributed by atoms with van der Waals surface area (Å²) < 4.78 is 1.34. The summed E-state index contributed by atoms with van der Waals surface area (Å²) in [4.78, 5) is 2.44. The molecule has 0 radical (unpaired) electrons. The summed E-state index contributed by atoms with van der Waals surface area (Å²) >= 11 is 2.40. The average molecular weight is 302 g/mol. The van der Waals surface area contributed by atoms with Gasteiger partial charge < -0.3 is 10.6 Å². The van der Waals surface area contributed by atoms with Gasteiger partial charge in [0.2, 0.25) is 0 Å². The van der Waals surface area contributed by atoms with Crippen molar-refractivity contribution >= 4 is 28.3 Å². The molecule has 14 heavy (non-hydrogen) atoms. The third-order valence-corrected chi connectivity index (χ3v) is 3.72. The summed E-state index contributed by atoms with van der Waals surface area (Å²) in [6, 6.07) is 8.54. The van der Waals surface area contributed by atoms with Gasteiger partial charge in [-0.25, -0.2) is 0 Å². The Morgan fingerprint density at radius 2 is 2.21 bits per heavy atom. The molecule has 0 bridgehead atoms. The smallest absolute Gasteiger partial charge is 0.0501 e. The van der Waals surface area contributed by atoms with Crippen LogP contribution in [0.1, 0.15) is 6.42 Å². The number of hydrogen-bond acceptors (Lipinski definition) is 2. The number of benzene rings is 1. The molecule has 1 atom stereocenters. The largest absolute Gasteiger partial charge is 0.370 e. The molecule has 1 heterocycles. The van der Waals surface area contributed by atoms with Gasteiger partial charge in [-0.15, -0.1) is 0 Å². The molecule has 0 spiro atoms. The molecule has 0 amide bonds. The molecule has 0 aromatic heterocycles. The van der Waals surface area contributed by atoms with Crippen LogP contribution in [0.15, 0.2) is 24.3 Å². The van der Waals surface area contributed by atoms with Crippen LogP contribution in [-0.4, -0.2) is 19.6 Å². The van der Waals surface area contributed by atoms with Gasteiger partial charge in [0.05, 0.1) is 5.69 Å². The third kappa shape index (κ3) is 2.03. The second-order valence-corrected chi connectivity index (χ2v) is 4.95. The molecule has 2 nitrogen and oxygen atoms in total. The van der Waals surface area contributed by atoms with E-state index in [1.54, 1.807) is 0 Å². The lowest BCUT2D eigenvalue weighted by Crippen LogP contribution is -2.23. The molecule has 1 saturated heterocycles. The van der Waals surface area contributed by atoms with Crippen molar-refractivity contribution in [3.05, 3.63) is 27.8 Å². The summed E-state index contributed by atoms with van der Waals surface area (Å²) in [5, 5.41) is 0. The standard InChI is InChI=1S/C11H15IN2/c12-10-3-1-2-4-11(10)14-6-5-9(7-13)8-14/h1-4,9H,5-8,13H2. The topological polar surface area (TPSA) is 29.3 Å². The second kappa shape index (κ2) is 4.49. The van der Waals surface area contributed by atoms with E-state index in [2.05, 4.69) is 51.8 Å². The number of nitrogens with zero attached hydrogens (tertiary/aromatic N) is 1. The molecule has 1 aromatic rings. The summed E-state index contributed by atoms with van der Waals surface area (Å²) in [6.45, 7) is 3.10. The van der Waals surface area contributed by atoms with Crippen LogP contribution >= 0.6 is 22.6 Å². The van der Waals surface area contributed by atoms with Gasteiger partial charge in [0, 0.05) is 16.7 Å². The zero-order valence-electron chi connectivity index (χ0n) is 8.12. The van der Waals surface area contributed by atoms with Crippen molar-refractivity contribution < 1.29 is 0 Å². The normalized spacial score (nSPS) is 21.6. The lowest BCUT2D eigenvalue weighted by Gasteiger charge is -2.19. The first kappa shape index (κ1) is 10.2. The number of para-hydroxylation sites is 1. The van der Waals surface area contributed by atoms with Crippen molar-refractivity contribution in [2.45, 2.75) is 6.42 Å². The molecule has 76 valence electrons. The van der Waals surface area contributed by atoms with Crippen LogP contribution in [0.2, 0.25) is 0 Å². The van der Waals surface area contributed by atoms with Crippen LogP contribution in [0.4, 0.5) is 5.69 Å². The van der Waals surface area contributed by atoms with Crippen molar-refractivity contribution in [2.75, 3.05) is 24.5 Å². The molecule has 0 saturated carbocycles. The van der Waals surface area contributed by atoms with Crippen molar-refractivity contribution in [1.82, 2.24) is 0 Å². The molecule has 2 N–H and O–H groups in total. The highest BCUT2D eigenvalue weighted by Gasteiger charge is 2.22. The molecule has 1 fully saturated rings. The molecular weight excluding hydrogens is 287 g/mol. The van der Waals surface area contributed by atoms with E-state index in [0.29, 0.717) is 5.92 Å². The Labute approximate surface area is 98.6 Å². The summed E-state index contributed by atoms with van der Waals surface area (Å²) in [5.74, 6) is 0.686. The van der Waals surface area contributed by atoms with Crippen LogP contribution in [0.5, 0.6) is 0 Å². The van der Waals surface area contributed by atoms with E-state index in [1.165, 1.54) is 15.7 Å². The van der Waals surface area contributed by atoms with Crippen molar-refractivity contribution in [2.24, 2.45) is 11.7 Å². The first-order valence-corrected chi connectivity index (χ1v) is 6.08. The van der Waals surface area contributed by atoms with E-state index >= 15 is 0 Å². The van der Waals surface area contributed by atoms with Crippen molar-refractivity contribution in [3.8, 4) is 0 Å². The minimum atomic E-state index is 0.686. The first-order chi connectivity index (χ1) is 6.81. The highest BCUT2D eigenvalue weighted by molar-refractivity contribution is 14.1. The first-order valence-electron chi connectivity index (χ1n) is 5.01. The summed E-state index contributed by atoms with van der Waals surface area (Å²) in [7, 11) is 0. The van der Waals surface area contributed by atoms with Crippen LogP contribution in [0.25, 0.3) is 0 Å². The fourth-order valence-electron chi connectivity index (χ4n) is 1.95. The maximum Gasteiger partial charge on any atom is 0.0501 e. The number of hydrogen-bond donors (Lipinski definition) is 1. The van der Waals surface area contributed by atoms with Crippen LogP contribution in [0.3, 0.4) is 0 Å². The molecular formula is C11H15IN2. The second-order valence-electron chi connectivity index (χ2n) is 3.79. The molecule has 1 aromatic carbocycles. The predicted molar refractivity (Wildman–Crippen MR) is 68.5 cm³/mol. The maximum absolute atomic E-state index is 5.68. The Morgan fingerprint density at radius 3 is 2.86 bits per heavy atom. The molecule has 3 heteroatoms. The predicted octanol–water partition coefficient (Wildman–Crippen LogP) is 2.08.